The SMILES string of the molecule is CC(NCc1cc(Br)cs1)c1ccc(Br)cc1Cl. The average Bonchev–Trinajstić information content (AvgIpc) is 2.72. The van der Waals surface area contributed by atoms with Crippen molar-refractivity contribution in [2.75, 3.05) is 0 Å². The van der Waals surface area contributed by atoms with Gasteiger partial charge < -0.3 is 5.32 Å². The number of nitrogens with one attached hydrogen (secondary N) is 1. The van der Waals surface area contributed by atoms with E-state index in [4.69, 9.17) is 11.6 Å². The lowest BCUT2D eigenvalue weighted by molar-refractivity contribution is 0.579. The van der Waals surface area contributed by atoms with Crippen LogP contribution in [0.15, 0.2) is 38.6 Å². The molecule has 1 N–H and O–H groups in total. The second-order valence-corrected chi connectivity index (χ2v) is 7.23. The molecule has 2 aromatic rings. The Hall–Kier alpha value is 0.130. The molecule has 96 valence electrons. The van der Waals surface area contributed by atoms with Crippen LogP contribution in [0.1, 0.15) is 23.4 Å². The molecule has 0 saturated carbocycles. The number of hydrogen-bond donors (Lipinski definition) is 1. The predicted molar refractivity (Wildman–Crippen MR) is 86.4 cm³/mol. The summed E-state index contributed by atoms with van der Waals surface area (Å²) in [7, 11) is 0. The maximum atomic E-state index is 6.24. The molecule has 0 saturated heterocycles. The molecule has 0 spiro atoms. The number of rotatable bonds is 4. The summed E-state index contributed by atoms with van der Waals surface area (Å²) in [4.78, 5) is 1.31. The third-order valence-electron chi connectivity index (χ3n) is 2.63. The smallest absolute Gasteiger partial charge is 0.0464 e. The Morgan fingerprint density at radius 2 is 2.06 bits per heavy atom. The molecule has 0 bridgehead atoms. The first kappa shape index (κ1) is 14.5. The highest BCUT2D eigenvalue weighted by Gasteiger charge is 2.09. The zero-order valence-electron chi connectivity index (χ0n) is 9.71. The number of benzene rings is 1. The van der Waals surface area contributed by atoms with E-state index in [2.05, 4.69) is 61.6 Å². The van der Waals surface area contributed by atoms with Gasteiger partial charge in [-0.1, -0.05) is 33.6 Å². The first-order valence-corrected chi connectivity index (χ1v) is 8.32. The lowest BCUT2D eigenvalue weighted by atomic mass is 10.1. The van der Waals surface area contributed by atoms with Crippen molar-refractivity contribution in [3.8, 4) is 0 Å². The normalized spacial score (nSPS) is 12.7. The van der Waals surface area contributed by atoms with Crippen LogP contribution in [-0.2, 0) is 6.54 Å². The standard InChI is InChI=1S/C13H12Br2ClNS/c1-8(12-3-2-9(14)5-13(12)16)17-6-11-4-10(15)7-18-11/h2-5,7-8,17H,6H2,1H3. The summed E-state index contributed by atoms with van der Waals surface area (Å²) in [5.41, 5.74) is 1.12. The molecule has 0 amide bonds. The van der Waals surface area contributed by atoms with Crippen LogP contribution in [0, 0.1) is 0 Å². The molecule has 0 fully saturated rings. The van der Waals surface area contributed by atoms with E-state index in [1.54, 1.807) is 11.3 Å². The summed E-state index contributed by atoms with van der Waals surface area (Å²) < 4.78 is 2.14. The van der Waals surface area contributed by atoms with Gasteiger partial charge in [0.1, 0.15) is 0 Å². The van der Waals surface area contributed by atoms with Gasteiger partial charge in [-0.05, 0) is 46.6 Å². The van der Waals surface area contributed by atoms with Gasteiger partial charge >= 0.3 is 0 Å². The first-order valence-electron chi connectivity index (χ1n) is 5.47. The van der Waals surface area contributed by atoms with E-state index < -0.39 is 0 Å². The monoisotopic (exact) mass is 407 g/mol. The number of hydrogen-bond acceptors (Lipinski definition) is 2. The molecule has 0 aliphatic carbocycles. The molecule has 0 aliphatic heterocycles. The first-order chi connectivity index (χ1) is 8.56. The maximum Gasteiger partial charge on any atom is 0.0464 e. The minimum Gasteiger partial charge on any atom is -0.305 e. The molecule has 1 atom stereocenters. The fourth-order valence-electron chi connectivity index (χ4n) is 1.66. The molecule has 1 aromatic carbocycles. The van der Waals surface area contributed by atoms with Crippen molar-refractivity contribution in [3.63, 3.8) is 0 Å². The third-order valence-corrected chi connectivity index (χ3v) is 5.15. The van der Waals surface area contributed by atoms with Gasteiger partial charge in [-0.2, -0.15) is 0 Å². The van der Waals surface area contributed by atoms with Crippen molar-refractivity contribution in [1.29, 1.82) is 0 Å². The van der Waals surface area contributed by atoms with E-state index in [1.807, 2.05) is 12.1 Å². The van der Waals surface area contributed by atoms with Crippen molar-refractivity contribution in [2.24, 2.45) is 0 Å². The van der Waals surface area contributed by atoms with Gasteiger partial charge in [0.15, 0.2) is 0 Å². The van der Waals surface area contributed by atoms with Crippen LogP contribution >= 0.6 is 54.8 Å². The topological polar surface area (TPSA) is 12.0 Å². The second kappa shape index (κ2) is 6.53. The van der Waals surface area contributed by atoms with Gasteiger partial charge in [0.05, 0.1) is 0 Å². The summed E-state index contributed by atoms with van der Waals surface area (Å²) in [6.45, 7) is 2.97. The Morgan fingerprint density at radius 3 is 2.67 bits per heavy atom. The minimum atomic E-state index is 0.228. The number of halogens is 3. The molecule has 1 aromatic heterocycles. The van der Waals surface area contributed by atoms with Gasteiger partial charge in [-0.15, -0.1) is 11.3 Å². The van der Waals surface area contributed by atoms with Crippen LogP contribution in [-0.4, -0.2) is 0 Å². The summed E-state index contributed by atoms with van der Waals surface area (Å²) in [6, 6.07) is 8.35. The minimum absolute atomic E-state index is 0.228. The highest BCUT2D eigenvalue weighted by atomic mass is 79.9. The zero-order chi connectivity index (χ0) is 13.1. The Morgan fingerprint density at radius 1 is 1.28 bits per heavy atom. The number of thiophene rings is 1. The van der Waals surface area contributed by atoms with Gasteiger partial charge in [-0.25, -0.2) is 0 Å². The van der Waals surface area contributed by atoms with E-state index in [0.717, 1.165) is 26.1 Å². The molecule has 18 heavy (non-hydrogen) atoms. The van der Waals surface area contributed by atoms with Crippen LogP contribution in [0.3, 0.4) is 0 Å². The molecule has 1 heterocycles. The predicted octanol–water partition coefficient (Wildman–Crippen LogP) is 5.78. The molecule has 5 heteroatoms. The molecular formula is C13H12Br2ClNS. The average molecular weight is 410 g/mol. The molecule has 2 rings (SSSR count). The molecular weight excluding hydrogens is 397 g/mol. The maximum absolute atomic E-state index is 6.24. The Kier molecular flexibility index (Phi) is 5.27. The second-order valence-electron chi connectivity index (χ2n) is 4.00. The van der Waals surface area contributed by atoms with E-state index in [1.165, 1.54) is 4.88 Å². The van der Waals surface area contributed by atoms with E-state index in [-0.39, 0.29) is 6.04 Å². The lowest BCUT2D eigenvalue weighted by Gasteiger charge is -2.15. The van der Waals surface area contributed by atoms with Gasteiger partial charge in [0.2, 0.25) is 0 Å². The van der Waals surface area contributed by atoms with Crippen molar-refractivity contribution >= 4 is 54.8 Å². The van der Waals surface area contributed by atoms with E-state index >= 15 is 0 Å². The fraction of sp³-hybridized carbons (Fsp3) is 0.231. The van der Waals surface area contributed by atoms with Crippen molar-refractivity contribution in [1.82, 2.24) is 5.32 Å². The van der Waals surface area contributed by atoms with Gasteiger partial charge in [0, 0.05) is 36.8 Å². The van der Waals surface area contributed by atoms with Crippen LogP contribution in [0.2, 0.25) is 5.02 Å². The quantitative estimate of drug-likeness (QED) is 0.675. The van der Waals surface area contributed by atoms with E-state index in [0.29, 0.717) is 0 Å². The largest absolute Gasteiger partial charge is 0.305 e. The Labute approximate surface area is 133 Å². The lowest BCUT2D eigenvalue weighted by Crippen LogP contribution is -2.17. The van der Waals surface area contributed by atoms with Crippen LogP contribution < -0.4 is 5.32 Å². The molecule has 1 unspecified atom stereocenters. The zero-order valence-corrected chi connectivity index (χ0v) is 14.5. The molecule has 1 nitrogen and oxygen atoms in total. The third kappa shape index (κ3) is 3.81. The Bertz CT molecular complexity index is 542. The molecule has 0 radical (unpaired) electrons. The van der Waals surface area contributed by atoms with Crippen molar-refractivity contribution in [2.45, 2.75) is 19.5 Å². The van der Waals surface area contributed by atoms with Crippen LogP contribution in [0.25, 0.3) is 0 Å². The van der Waals surface area contributed by atoms with Gasteiger partial charge in [0.25, 0.3) is 0 Å². The van der Waals surface area contributed by atoms with Crippen LogP contribution in [0.4, 0.5) is 0 Å². The summed E-state index contributed by atoms with van der Waals surface area (Å²) in [6.07, 6.45) is 0. The van der Waals surface area contributed by atoms with Crippen molar-refractivity contribution < 1.29 is 0 Å². The van der Waals surface area contributed by atoms with Crippen LogP contribution in [0.5, 0.6) is 0 Å². The van der Waals surface area contributed by atoms with Crippen molar-refractivity contribution in [3.05, 3.63) is 54.1 Å². The summed E-state index contributed by atoms with van der Waals surface area (Å²) in [5, 5.41) is 6.36. The Balaban J connectivity index is 2.01. The summed E-state index contributed by atoms with van der Waals surface area (Å²) in [5.74, 6) is 0. The molecule has 0 aliphatic rings. The highest BCUT2D eigenvalue weighted by molar-refractivity contribution is 9.10. The van der Waals surface area contributed by atoms with Gasteiger partial charge in [-0.3, -0.25) is 0 Å². The highest BCUT2D eigenvalue weighted by Crippen LogP contribution is 2.27. The fourth-order valence-corrected chi connectivity index (χ4v) is 3.90. The van der Waals surface area contributed by atoms with E-state index in [9.17, 15) is 0 Å². The summed E-state index contributed by atoms with van der Waals surface area (Å²) >= 11 is 14.9.